The van der Waals surface area contributed by atoms with Crippen molar-refractivity contribution >= 4 is 45.1 Å². The van der Waals surface area contributed by atoms with E-state index in [0.717, 1.165) is 45.0 Å². The molecule has 1 saturated carbocycles. The number of ether oxygens (including phenoxy) is 2. The van der Waals surface area contributed by atoms with Crippen LogP contribution in [0.1, 0.15) is 12.0 Å². The summed E-state index contributed by atoms with van der Waals surface area (Å²) in [5.74, 6) is 2.68. The van der Waals surface area contributed by atoms with Gasteiger partial charge >= 0.3 is 0 Å². The first-order valence-electron chi connectivity index (χ1n) is 12.4. The summed E-state index contributed by atoms with van der Waals surface area (Å²) in [7, 11) is 0. The predicted molar refractivity (Wildman–Crippen MR) is 141 cm³/mol. The topological polar surface area (TPSA) is 110 Å². The summed E-state index contributed by atoms with van der Waals surface area (Å²) in [4.78, 5) is 28.1. The first kappa shape index (κ1) is 23.7. The monoisotopic (exact) mass is 521 g/mol. The second-order valence-corrected chi connectivity index (χ2v) is 10.5. The molecular formula is C26H27N5O5S. The number of aromatic nitrogens is 1. The zero-order valence-electron chi connectivity index (χ0n) is 20.2. The number of nitrogens with zero attached hydrogens (tertiary/aromatic N) is 4. The third-order valence-electron chi connectivity index (χ3n) is 7.26. The highest BCUT2D eigenvalue weighted by Gasteiger charge is 2.38. The summed E-state index contributed by atoms with van der Waals surface area (Å²) < 4.78 is 16.4. The fraction of sp³-hybridized carbons (Fsp3) is 0.385. The minimum absolute atomic E-state index is 0.0291. The quantitative estimate of drug-likeness (QED) is 0.272. The molecule has 2 atom stereocenters. The number of anilines is 1. The number of piperazine rings is 1. The number of carbonyl (C=O) groups is 1. The zero-order valence-corrected chi connectivity index (χ0v) is 21.0. The number of nitro benzene ring substituents is 1. The molecule has 2 aliphatic heterocycles. The van der Waals surface area contributed by atoms with Crippen LogP contribution in [0.15, 0.2) is 42.5 Å². The van der Waals surface area contributed by atoms with E-state index < -0.39 is 4.92 Å². The maximum absolute atomic E-state index is 12.4. The molecular weight excluding hydrogens is 494 g/mol. The third-order valence-corrected chi connectivity index (χ3v) is 8.08. The van der Waals surface area contributed by atoms with Crippen LogP contribution in [0.4, 0.5) is 11.5 Å². The van der Waals surface area contributed by atoms with Gasteiger partial charge in [0.15, 0.2) is 11.5 Å². The molecule has 3 aromatic rings. The Morgan fingerprint density at radius 1 is 1.16 bits per heavy atom. The average Bonchev–Trinajstić information content (AvgIpc) is 3.27. The number of nitrogens with one attached hydrogen (secondary N) is 1. The van der Waals surface area contributed by atoms with Crippen LogP contribution < -0.4 is 19.7 Å². The van der Waals surface area contributed by atoms with Crippen molar-refractivity contribution in [3.05, 3.63) is 58.2 Å². The van der Waals surface area contributed by atoms with Crippen LogP contribution in [-0.2, 0) is 4.79 Å². The SMILES string of the molecule is O=C(/C=C/c1cc2c(cc1[N+](=O)[O-])OCO2)NCC1CC1CN1CCN(c2nsc3ccccc23)CC1. The van der Waals surface area contributed by atoms with Crippen molar-refractivity contribution in [2.24, 2.45) is 11.8 Å². The molecule has 37 heavy (non-hydrogen) atoms. The zero-order chi connectivity index (χ0) is 25.4. The van der Waals surface area contributed by atoms with Crippen LogP contribution >= 0.6 is 11.5 Å². The second kappa shape index (κ2) is 9.98. The van der Waals surface area contributed by atoms with Gasteiger partial charge in [-0.15, -0.1) is 0 Å². The Morgan fingerprint density at radius 2 is 1.95 bits per heavy atom. The van der Waals surface area contributed by atoms with Crippen LogP contribution in [-0.4, -0.2) is 66.2 Å². The fourth-order valence-corrected chi connectivity index (χ4v) is 5.85. The number of benzene rings is 2. The van der Waals surface area contributed by atoms with Gasteiger partial charge in [0.2, 0.25) is 12.7 Å². The van der Waals surface area contributed by atoms with Crippen molar-refractivity contribution < 1.29 is 19.2 Å². The van der Waals surface area contributed by atoms with Crippen LogP contribution in [0.3, 0.4) is 0 Å². The Labute approximate surface area is 217 Å². The van der Waals surface area contributed by atoms with E-state index in [1.807, 2.05) is 0 Å². The Bertz CT molecular complexity index is 1370. The molecule has 1 aliphatic carbocycles. The minimum Gasteiger partial charge on any atom is -0.454 e. The molecule has 10 nitrogen and oxygen atoms in total. The molecule has 0 radical (unpaired) electrons. The van der Waals surface area contributed by atoms with Gasteiger partial charge < -0.3 is 19.7 Å². The van der Waals surface area contributed by atoms with Crippen molar-refractivity contribution in [3.8, 4) is 11.5 Å². The molecule has 0 spiro atoms. The summed E-state index contributed by atoms with van der Waals surface area (Å²) in [6, 6.07) is 11.2. The number of carbonyl (C=O) groups excluding carboxylic acids is 1. The standard InChI is InChI=1S/C26H27N5O5S/c32-25(6-5-17-12-22-23(36-16-35-22)13-21(17)31(33)34)27-14-18-11-19(18)15-29-7-9-30(10-8-29)26-20-3-1-2-4-24(20)37-28-26/h1-6,12-13,18-19H,7-11,14-16H2,(H,27,32)/b6-5+. The molecule has 2 unspecified atom stereocenters. The van der Waals surface area contributed by atoms with E-state index in [0.29, 0.717) is 35.4 Å². The van der Waals surface area contributed by atoms with Crippen molar-refractivity contribution in [2.45, 2.75) is 6.42 Å². The lowest BCUT2D eigenvalue weighted by atomic mass is 10.1. The lowest BCUT2D eigenvalue weighted by Gasteiger charge is -2.35. The Hall–Kier alpha value is -3.70. The van der Waals surface area contributed by atoms with E-state index in [4.69, 9.17) is 13.8 Å². The summed E-state index contributed by atoms with van der Waals surface area (Å²) in [5, 5.41) is 15.6. The molecule has 0 bridgehead atoms. The number of amides is 1. The molecule has 1 saturated heterocycles. The lowest BCUT2D eigenvalue weighted by molar-refractivity contribution is -0.385. The van der Waals surface area contributed by atoms with Gasteiger partial charge in [-0.1, -0.05) is 12.1 Å². The highest BCUT2D eigenvalue weighted by Crippen LogP contribution is 2.40. The van der Waals surface area contributed by atoms with Gasteiger partial charge in [-0.05, 0) is 54.1 Å². The maximum atomic E-state index is 12.4. The number of nitro groups is 1. The number of hydrogen-bond acceptors (Lipinski definition) is 9. The van der Waals surface area contributed by atoms with Crippen molar-refractivity contribution in [2.75, 3.05) is 51.0 Å². The van der Waals surface area contributed by atoms with E-state index in [-0.39, 0.29) is 18.4 Å². The number of rotatable bonds is 8. The van der Waals surface area contributed by atoms with Crippen molar-refractivity contribution in [1.29, 1.82) is 0 Å². The summed E-state index contributed by atoms with van der Waals surface area (Å²) in [6.45, 7) is 5.66. The predicted octanol–water partition coefficient (Wildman–Crippen LogP) is 3.52. The van der Waals surface area contributed by atoms with Gasteiger partial charge in [-0.3, -0.25) is 19.8 Å². The molecule has 2 aromatic carbocycles. The first-order chi connectivity index (χ1) is 18.0. The Kier molecular flexibility index (Phi) is 6.39. The smallest absolute Gasteiger partial charge is 0.280 e. The summed E-state index contributed by atoms with van der Waals surface area (Å²) in [5.41, 5.74) is 0.178. The van der Waals surface area contributed by atoms with Gasteiger partial charge in [0.25, 0.3) is 5.69 Å². The van der Waals surface area contributed by atoms with Gasteiger partial charge in [-0.25, -0.2) is 0 Å². The Balaban J connectivity index is 0.953. The maximum Gasteiger partial charge on any atom is 0.280 e. The van der Waals surface area contributed by atoms with E-state index in [1.54, 1.807) is 11.5 Å². The minimum atomic E-state index is -0.493. The molecule has 3 heterocycles. The number of fused-ring (bicyclic) bond motifs is 2. The van der Waals surface area contributed by atoms with Crippen LogP contribution in [0.25, 0.3) is 16.2 Å². The molecule has 6 rings (SSSR count). The fourth-order valence-electron chi connectivity index (χ4n) is 5.05. The van der Waals surface area contributed by atoms with Gasteiger partial charge in [0, 0.05) is 50.7 Å². The lowest BCUT2D eigenvalue weighted by Crippen LogP contribution is -2.47. The first-order valence-corrected chi connectivity index (χ1v) is 13.2. The molecule has 3 aliphatic rings. The highest BCUT2D eigenvalue weighted by molar-refractivity contribution is 7.13. The normalized spacial score (nSPS) is 21.0. The van der Waals surface area contributed by atoms with Crippen LogP contribution in [0.2, 0.25) is 0 Å². The van der Waals surface area contributed by atoms with E-state index >= 15 is 0 Å². The highest BCUT2D eigenvalue weighted by atomic mass is 32.1. The van der Waals surface area contributed by atoms with E-state index in [9.17, 15) is 14.9 Å². The third kappa shape index (κ3) is 5.09. The second-order valence-electron chi connectivity index (χ2n) is 9.65. The van der Waals surface area contributed by atoms with Gasteiger partial charge in [-0.2, -0.15) is 4.37 Å². The molecule has 1 amide bonds. The van der Waals surface area contributed by atoms with Crippen molar-refractivity contribution in [1.82, 2.24) is 14.6 Å². The van der Waals surface area contributed by atoms with Crippen LogP contribution in [0.5, 0.6) is 11.5 Å². The van der Waals surface area contributed by atoms with E-state index in [1.165, 1.54) is 34.4 Å². The average molecular weight is 522 g/mol. The molecule has 1 N–H and O–H groups in total. The largest absolute Gasteiger partial charge is 0.454 e. The number of hydrogen-bond donors (Lipinski definition) is 1. The van der Waals surface area contributed by atoms with Gasteiger partial charge in [0.1, 0.15) is 5.82 Å². The Morgan fingerprint density at radius 3 is 2.76 bits per heavy atom. The molecule has 1 aromatic heterocycles. The summed E-state index contributed by atoms with van der Waals surface area (Å²) in [6.07, 6.45) is 3.89. The van der Waals surface area contributed by atoms with Gasteiger partial charge in [0.05, 0.1) is 21.3 Å². The van der Waals surface area contributed by atoms with Crippen LogP contribution in [0, 0.1) is 22.0 Å². The molecule has 2 fully saturated rings. The summed E-state index contributed by atoms with van der Waals surface area (Å²) >= 11 is 1.56. The van der Waals surface area contributed by atoms with Crippen molar-refractivity contribution in [3.63, 3.8) is 0 Å². The molecule has 192 valence electrons. The van der Waals surface area contributed by atoms with E-state index in [2.05, 4.69) is 39.4 Å². The molecule has 11 heteroatoms.